The summed E-state index contributed by atoms with van der Waals surface area (Å²) in [5.41, 5.74) is 0.837. The van der Waals surface area contributed by atoms with Crippen molar-refractivity contribution in [2.75, 3.05) is 19.8 Å². The number of nitrogens with one attached hydrogen (secondary N) is 1. The minimum absolute atomic E-state index is 0.0544. The van der Waals surface area contributed by atoms with Crippen LogP contribution in [-0.2, 0) is 12.7 Å². The van der Waals surface area contributed by atoms with E-state index in [1.807, 2.05) is 24.3 Å². The van der Waals surface area contributed by atoms with Gasteiger partial charge in [-0.05, 0) is 36.7 Å². The molecule has 0 atom stereocenters. The summed E-state index contributed by atoms with van der Waals surface area (Å²) in [5.74, 6) is -0.235. The molecule has 0 saturated carbocycles. The van der Waals surface area contributed by atoms with Gasteiger partial charge in [-0.1, -0.05) is 36.3 Å². The lowest BCUT2D eigenvalue weighted by Gasteiger charge is -2.13. The average Bonchev–Trinajstić information content (AvgIpc) is 3.22. The van der Waals surface area contributed by atoms with Crippen LogP contribution < -0.4 is 10.1 Å². The minimum atomic E-state index is -4.67. The van der Waals surface area contributed by atoms with Crippen molar-refractivity contribution >= 4 is 0 Å². The van der Waals surface area contributed by atoms with Gasteiger partial charge < -0.3 is 14.6 Å². The molecule has 0 unspecified atom stereocenters. The Bertz CT molecular complexity index is 956. The van der Waals surface area contributed by atoms with Gasteiger partial charge in [-0.2, -0.15) is 18.2 Å². The predicted octanol–water partition coefficient (Wildman–Crippen LogP) is 5.27. The Labute approximate surface area is 171 Å². The van der Waals surface area contributed by atoms with E-state index in [4.69, 9.17) is 9.26 Å². The summed E-state index contributed by atoms with van der Waals surface area (Å²) in [6, 6.07) is 10.8. The van der Waals surface area contributed by atoms with Crippen LogP contribution in [0.25, 0.3) is 22.8 Å². The number of nitrogens with zero attached hydrogens (tertiary/aromatic N) is 2. The molecule has 160 valence electrons. The van der Waals surface area contributed by atoms with Crippen molar-refractivity contribution in [3.63, 3.8) is 0 Å². The molecule has 3 aromatic rings. The van der Waals surface area contributed by atoms with Gasteiger partial charge in [-0.3, -0.25) is 0 Å². The zero-order valence-electron chi connectivity index (χ0n) is 16.3. The minimum Gasteiger partial charge on any atom is -0.490 e. The van der Waals surface area contributed by atoms with Crippen molar-refractivity contribution in [1.29, 1.82) is 0 Å². The summed E-state index contributed by atoms with van der Waals surface area (Å²) in [5, 5.41) is 7.17. The summed E-state index contributed by atoms with van der Waals surface area (Å²) >= 11 is 0. The molecule has 0 spiro atoms. The molecule has 0 radical (unpaired) electrons. The fourth-order valence-corrected chi connectivity index (χ4v) is 2.80. The van der Waals surface area contributed by atoms with Gasteiger partial charge >= 0.3 is 6.18 Å². The van der Waals surface area contributed by atoms with E-state index < -0.39 is 30.8 Å². The first kappa shape index (κ1) is 21.8. The number of ether oxygens (including phenoxy) is 1. The number of rotatable bonds is 9. The summed E-state index contributed by atoms with van der Waals surface area (Å²) in [6.07, 6.45) is -3.63. The van der Waals surface area contributed by atoms with Crippen LogP contribution in [0, 0.1) is 0 Å². The Hall–Kier alpha value is -2.94. The van der Waals surface area contributed by atoms with Crippen molar-refractivity contribution in [3.8, 4) is 28.6 Å². The van der Waals surface area contributed by atoms with Crippen LogP contribution in [0.3, 0.4) is 0 Å². The molecule has 1 aromatic heterocycles. The van der Waals surface area contributed by atoms with Gasteiger partial charge in [0, 0.05) is 17.7 Å². The lowest BCUT2D eigenvalue weighted by molar-refractivity contribution is -0.138. The highest BCUT2D eigenvalue weighted by atomic mass is 19.4. The molecule has 0 bridgehead atoms. The molecular weight excluding hydrogens is 401 g/mol. The Kier molecular flexibility index (Phi) is 7.04. The van der Waals surface area contributed by atoms with E-state index in [9.17, 15) is 17.6 Å². The Balaban J connectivity index is 1.81. The molecule has 3 rings (SSSR count). The quantitative estimate of drug-likeness (QED) is 0.376. The third-order valence-corrected chi connectivity index (χ3v) is 4.26. The first-order chi connectivity index (χ1) is 14.4. The van der Waals surface area contributed by atoms with Crippen LogP contribution in [0.1, 0.15) is 24.5 Å². The maximum atomic E-state index is 13.3. The zero-order chi connectivity index (χ0) is 21.6. The van der Waals surface area contributed by atoms with Crippen LogP contribution in [0.5, 0.6) is 5.75 Å². The maximum Gasteiger partial charge on any atom is 0.419 e. The molecule has 5 nitrogen and oxygen atoms in total. The van der Waals surface area contributed by atoms with Gasteiger partial charge in [0.15, 0.2) is 0 Å². The Morgan fingerprint density at radius 2 is 1.80 bits per heavy atom. The summed E-state index contributed by atoms with van der Waals surface area (Å²) in [6.45, 7) is 2.40. The van der Waals surface area contributed by atoms with Crippen molar-refractivity contribution in [2.24, 2.45) is 0 Å². The number of benzene rings is 2. The second kappa shape index (κ2) is 9.71. The molecule has 0 amide bonds. The number of hydrogen-bond acceptors (Lipinski definition) is 5. The Morgan fingerprint density at radius 3 is 2.47 bits per heavy atom. The van der Waals surface area contributed by atoms with Crippen LogP contribution >= 0.6 is 0 Å². The molecule has 1 heterocycles. The van der Waals surface area contributed by atoms with E-state index in [-0.39, 0.29) is 17.3 Å². The largest absolute Gasteiger partial charge is 0.490 e. The van der Waals surface area contributed by atoms with Crippen LogP contribution in [-0.4, -0.2) is 30.0 Å². The lowest BCUT2D eigenvalue weighted by Crippen LogP contribution is -2.13. The maximum absolute atomic E-state index is 13.3. The first-order valence-electron chi connectivity index (χ1n) is 9.46. The lowest BCUT2D eigenvalue weighted by atomic mass is 10.1. The molecule has 1 N–H and O–H groups in total. The number of halogens is 4. The molecule has 0 aliphatic rings. The van der Waals surface area contributed by atoms with E-state index in [1.165, 1.54) is 6.07 Å². The monoisotopic (exact) mass is 422 g/mol. The van der Waals surface area contributed by atoms with Crippen molar-refractivity contribution < 1.29 is 26.8 Å². The second-order valence-electron chi connectivity index (χ2n) is 6.54. The highest BCUT2D eigenvalue weighted by Crippen LogP contribution is 2.38. The molecule has 0 aliphatic heterocycles. The molecule has 0 fully saturated rings. The molecule has 30 heavy (non-hydrogen) atoms. The smallest absolute Gasteiger partial charge is 0.419 e. The average molecular weight is 422 g/mol. The van der Waals surface area contributed by atoms with Gasteiger partial charge in [-0.15, -0.1) is 0 Å². The van der Waals surface area contributed by atoms with Gasteiger partial charge in [0.05, 0.1) is 5.56 Å². The van der Waals surface area contributed by atoms with E-state index in [2.05, 4.69) is 22.4 Å². The van der Waals surface area contributed by atoms with E-state index in [0.29, 0.717) is 5.56 Å². The molecule has 0 aliphatic carbocycles. The number of hydrogen-bond donors (Lipinski definition) is 1. The van der Waals surface area contributed by atoms with E-state index >= 15 is 0 Å². The van der Waals surface area contributed by atoms with Gasteiger partial charge in [0.1, 0.15) is 19.0 Å². The molecule has 0 saturated heterocycles. The zero-order valence-corrected chi connectivity index (χ0v) is 16.3. The van der Waals surface area contributed by atoms with E-state index in [0.717, 1.165) is 37.2 Å². The molecule has 9 heteroatoms. The standard InChI is InChI=1S/C21H21F4N3O2/c1-2-10-26-13-14-3-5-15(6-4-14)19-27-20(30-28-19)16-7-8-18(29-11-9-22)17(12-16)21(23,24)25/h3-8,12,26H,2,9-11,13H2,1H3/i22-1. The number of alkyl halides is 4. The fraction of sp³-hybridized carbons (Fsp3) is 0.333. The van der Waals surface area contributed by atoms with Crippen molar-refractivity contribution in [1.82, 2.24) is 15.5 Å². The summed E-state index contributed by atoms with van der Waals surface area (Å²) in [4.78, 5) is 4.21. The SMILES string of the molecule is CCCNCc1ccc(-c2noc(-c3ccc(OCC[18F])c(C(F)(F)F)c3)n2)cc1. The third kappa shape index (κ3) is 5.35. The van der Waals surface area contributed by atoms with E-state index in [1.54, 1.807) is 0 Å². The summed E-state index contributed by atoms with van der Waals surface area (Å²) < 4.78 is 62.3. The van der Waals surface area contributed by atoms with Crippen LogP contribution in [0.4, 0.5) is 17.6 Å². The summed E-state index contributed by atoms with van der Waals surface area (Å²) in [7, 11) is 0. The molecular formula is C21H21F4N3O2. The normalized spacial score (nSPS) is 11.6. The number of aromatic nitrogens is 2. The second-order valence-corrected chi connectivity index (χ2v) is 6.54. The highest BCUT2D eigenvalue weighted by Gasteiger charge is 2.35. The van der Waals surface area contributed by atoms with Crippen LogP contribution in [0.15, 0.2) is 47.0 Å². The topological polar surface area (TPSA) is 60.2 Å². The van der Waals surface area contributed by atoms with Crippen molar-refractivity contribution in [3.05, 3.63) is 53.6 Å². The van der Waals surface area contributed by atoms with Crippen molar-refractivity contribution in [2.45, 2.75) is 26.1 Å². The highest BCUT2D eigenvalue weighted by molar-refractivity contribution is 5.62. The predicted molar refractivity (Wildman–Crippen MR) is 104 cm³/mol. The Morgan fingerprint density at radius 1 is 1.07 bits per heavy atom. The van der Waals surface area contributed by atoms with Gasteiger partial charge in [-0.25, -0.2) is 4.39 Å². The van der Waals surface area contributed by atoms with Gasteiger partial charge in [0.2, 0.25) is 5.82 Å². The first-order valence-corrected chi connectivity index (χ1v) is 9.46. The molecule has 2 aromatic carbocycles. The third-order valence-electron chi connectivity index (χ3n) is 4.26. The van der Waals surface area contributed by atoms with Crippen LogP contribution in [0.2, 0.25) is 0 Å². The van der Waals surface area contributed by atoms with Gasteiger partial charge in [0.25, 0.3) is 5.89 Å². The fourth-order valence-electron chi connectivity index (χ4n) is 2.80.